The van der Waals surface area contributed by atoms with Gasteiger partial charge in [-0.2, -0.15) is 5.26 Å². The van der Waals surface area contributed by atoms with Crippen LogP contribution in [0.3, 0.4) is 0 Å². The van der Waals surface area contributed by atoms with Crippen molar-refractivity contribution >= 4 is 5.82 Å². The monoisotopic (exact) mass is 244 g/mol. The Morgan fingerprint density at radius 1 is 1.44 bits per heavy atom. The fraction of sp³-hybridized carbons (Fsp3) is 0.615. The molecule has 2 saturated carbocycles. The van der Waals surface area contributed by atoms with Crippen molar-refractivity contribution in [2.24, 2.45) is 5.92 Å². The van der Waals surface area contributed by atoms with Crippen LogP contribution in [0.15, 0.2) is 6.20 Å². The van der Waals surface area contributed by atoms with E-state index in [4.69, 9.17) is 10.4 Å². The second-order valence-corrected chi connectivity index (χ2v) is 5.24. The Hall–Kier alpha value is -1.67. The highest BCUT2D eigenvalue weighted by atomic mass is 16.3. The first-order valence-electron chi connectivity index (χ1n) is 6.44. The maximum atomic E-state index is 9.03. The number of nitrogens with zero attached hydrogens (tertiary/aromatic N) is 3. The average molecular weight is 244 g/mol. The number of aliphatic hydroxyl groups is 1. The van der Waals surface area contributed by atoms with Gasteiger partial charge in [0.15, 0.2) is 11.5 Å². The lowest BCUT2D eigenvalue weighted by atomic mass is 9.81. The molecule has 2 fully saturated rings. The number of nitrogens with one attached hydrogen (secondary N) is 1. The van der Waals surface area contributed by atoms with Crippen LogP contribution < -0.4 is 5.32 Å². The SMILES string of the molecule is N#Cc1ncc(C2CC2)nc1N[C@H]1C[C@@H](CO)C1. The second-order valence-electron chi connectivity index (χ2n) is 5.24. The van der Waals surface area contributed by atoms with E-state index in [1.807, 2.05) is 0 Å². The predicted molar refractivity (Wildman–Crippen MR) is 65.9 cm³/mol. The molecule has 3 rings (SSSR count). The van der Waals surface area contributed by atoms with Gasteiger partial charge in [-0.05, 0) is 31.6 Å². The van der Waals surface area contributed by atoms with E-state index in [-0.39, 0.29) is 6.61 Å². The van der Waals surface area contributed by atoms with Crippen molar-refractivity contribution in [1.82, 2.24) is 9.97 Å². The minimum Gasteiger partial charge on any atom is -0.396 e. The van der Waals surface area contributed by atoms with Crippen LogP contribution in [0.5, 0.6) is 0 Å². The quantitative estimate of drug-likeness (QED) is 0.836. The number of anilines is 1. The largest absolute Gasteiger partial charge is 0.396 e. The summed E-state index contributed by atoms with van der Waals surface area (Å²) in [6.45, 7) is 0.247. The van der Waals surface area contributed by atoms with Crippen molar-refractivity contribution in [3.05, 3.63) is 17.6 Å². The molecule has 0 spiro atoms. The summed E-state index contributed by atoms with van der Waals surface area (Å²) >= 11 is 0. The standard InChI is InChI=1S/C13H16N4O/c14-5-11-13(16-10-3-8(4-10)7-18)17-12(6-15-11)9-1-2-9/h6,8-10,18H,1-4,7H2,(H,16,17)/t8-,10+. The van der Waals surface area contributed by atoms with E-state index < -0.39 is 0 Å². The first-order valence-corrected chi connectivity index (χ1v) is 6.44. The van der Waals surface area contributed by atoms with Gasteiger partial charge in [-0.1, -0.05) is 0 Å². The number of hydrogen-bond acceptors (Lipinski definition) is 5. The van der Waals surface area contributed by atoms with Crippen LogP contribution in [-0.2, 0) is 0 Å². The topological polar surface area (TPSA) is 81.8 Å². The molecule has 2 aliphatic carbocycles. The molecule has 0 bridgehead atoms. The smallest absolute Gasteiger partial charge is 0.183 e. The van der Waals surface area contributed by atoms with Gasteiger partial charge in [0.1, 0.15) is 6.07 Å². The molecule has 0 aromatic carbocycles. The van der Waals surface area contributed by atoms with Gasteiger partial charge in [0, 0.05) is 18.6 Å². The second kappa shape index (κ2) is 4.54. The van der Waals surface area contributed by atoms with Crippen LogP contribution >= 0.6 is 0 Å². The molecule has 0 amide bonds. The fourth-order valence-corrected chi connectivity index (χ4v) is 2.36. The molecule has 0 radical (unpaired) electrons. The van der Waals surface area contributed by atoms with Crippen LogP contribution in [0.2, 0.25) is 0 Å². The van der Waals surface area contributed by atoms with Gasteiger partial charge >= 0.3 is 0 Å². The van der Waals surface area contributed by atoms with E-state index >= 15 is 0 Å². The normalized spacial score (nSPS) is 26.2. The van der Waals surface area contributed by atoms with E-state index in [1.54, 1.807) is 6.20 Å². The van der Waals surface area contributed by atoms with Gasteiger partial charge in [0.2, 0.25) is 0 Å². The molecular formula is C13H16N4O. The first-order chi connectivity index (χ1) is 8.80. The Balaban J connectivity index is 1.73. The molecular weight excluding hydrogens is 228 g/mol. The molecule has 2 aliphatic rings. The first kappa shape index (κ1) is 11.4. The van der Waals surface area contributed by atoms with Gasteiger partial charge < -0.3 is 10.4 Å². The lowest BCUT2D eigenvalue weighted by Gasteiger charge is -2.35. The van der Waals surface area contributed by atoms with E-state index in [1.165, 1.54) is 12.8 Å². The summed E-state index contributed by atoms with van der Waals surface area (Å²) < 4.78 is 0. The van der Waals surface area contributed by atoms with Gasteiger partial charge in [0.25, 0.3) is 0 Å². The number of aromatic nitrogens is 2. The highest BCUT2D eigenvalue weighted by molar-refractivity contribution is 5.49. The lowest BCUT2D eigenvalue weighted by molar-refractivity contribution is 0.151. The molecule has 1 aromatic rings. The zero-order chi connectivity index (χ0) is 12.5. The highest BCUT2D eigenvalue weighted by Gasteiger charge is 2.30. The van der Waals surface area contributed by atoms with Crippen molar-refractivity contribution in [3.63, 3.8) is 0 Å². The predicted octanol–water partition coefficient (Wildman–Crippen LogP) is 1.41. The zero-order valence-electron chi connectivity index (χ0n) is 10.1. The maximum absolute atomic E-state index is 9.03. The molecule has 0 atom stereocenters. The Bertz CT molecular complexity index is 486. The summed E-state index contributed by atoms with van der Waals surface area (Å²) in [6.07, 6.45) is 5.96. The number of nitriles is 1. The van der Waals surface area contributed by atoms with Gasteiger partial charge in [-0.15, -0.1) is 0 Å². The third-order valence-electron chi connectivity index (χ3n) is 3.73. The summed E-state index contributed by atoms with van der Waals surface area (Å²) in [5.41, 5.74) is 1.36. The summed E-state index contributed by atoms with van der Waals surface area (Å²) in [6, 6.07) is 2.39. The Labute approximate surface area is 106 Å². The van der Waals surface area contributed by atoms with E-state index in [0.717, 1.165) is 18.5 Å². The van der Waals surface area contributed by atoms with E-state index in [0.29, 0.717) is 29.4 Å². The van der Waals surface area contributed by atoms with Crippen molar-refractivity contribution in [2.75, 3.05) is 11.9 Å². The summed E-state index contributed by atoms with van der Waals surface area (Å²) in [5.74, 6) is 1.55. The van der Waals surface area contributed by atoms with Crippen molar-refractivity contribution in [2.45, 2.75) is 37.6 Å². The summed E-state index contributed by atoms with van der Waals surface area (Å²) in [4.78, 5) is 8.69. The summed E-state index contributed by atoms with van der Waals surface area (Å²) in [5, 5.41) is 21.3. The van der Waals surface area contributed by atoms with Crippen molar-refractivity contribution in [3.8, 4) is 6.07 Å². The fourth-order valence-electron chi connectivity index (χ4n) is 2.36. The molecule has 5 heteroatoms. The molecule has 0 aliphatic heterocycles. The molecule has 18 heavy (non-hydrogen) atoms. The Morgan fingerprint density at radius 2 is 2.22 bits per heavy atom. The van der Waals surface area contributed by atoms with Crippen molar-refractivity contribution in [1.29, 1.82) is 5.26 Å². The number of hydrogen-bond donors (Lipinski definition) is 2. The average Bonchev–Trinajstić information content (AvgIpc) is 3.17. The minimum absolute atomic E-state index is 0.247. The molecule has 1 aromatic heterocycles. The van der Waals surface area contributed by atoms with E-state index in [2.05, 4.69) is 21.4 Å². The maximum Gasteiger partial charge on any atom is 0.183 e. The van der Waals surface area contributed by atoms with Crippen LogP contribution in [0.1, 0.15) is 43.0 Å². The third-order valence-corrected chi connectivity index (χ3v) is 3.73. The third kappa shape index (κ3) is 2.16. The molecule has 0 unspecified atom stereocenters. The van der Waals surface area contributed by atoms with Crippen LogP contribution in [0, 0.1) is 17.2 Å². The number of aliphatic hydroxyl groups excluding tert-OH is 1. The highest BCUT2D eigenvalue weighted by Crippen LogP contribution is 2.39. The molecule has 0 saturated heterocycles. The zero-order valence-corrected chi connectivity index (χ0v) is 10.1. The number of rotatable bonds is 4. The molecule has 94 valence electrons. The van der Waals surface area contributed by atoms with Crippen molar-refractivity contribution < 1.29 is 5.11 Å². The van der Waals surface area contributed by atoms with Crippen LogP contribution in [-0.4, -0.2) is 27.7 Å². The Morgan fingerprint density at radius 3 is 2.83 bits per heavy atom. The summed E-state index contributed by atoms with van der Waals surface area (Å²) in [7, 11) is 0. The van der Waals surface area contributed by atoms with Crippen LogP contribution in [0.4, 0.5) is 5.82 Å². The molecule has 5 nitrogen and oxygen atoms in total. The molecule has 1 heterocycles. The van der Waals surface area contributed by atoms with Crippen LogP contribution in [0.25, 0.3) is 0 Å². The minimum atomic E-state index is 0.247. The van der Waals surface area contributed by atoms with Gasteiger partial charge in [-0.3, -0.25) is 0 Å². The van der Waals surface area contributed by atoms with Gasteiger partial charge in [0.05, 0.1) is 11.9 Å². The lowest BCUT2D eigenvalue weighted by Crippen LogP contribution is -2.37. The molecule has 2 N–H and O–H groups in total. The van der Waals surface area contributed by atoms with Gasteiger partial charge in [-0.25, -0.2) is 9.97 Å². The van der Waals surface area contributed by atoms with E-state index in [9.17, 15) is 0 Å². The Kier molecular flexibility index (Phi) is 2.88.